The first-order valence-corrected chi connectivity index (χ1v) is 6.25. The molecule has 3 rings (SSSR count). The summed E-state index contributed by atoms with van der Waals surface area (Å²) < 4.78 is 10.8. The lowest BCUT2D eigenvalue weighted by Gasteiger charge is -2.28. The molecule has 0 bridgehead atoms. The topological polar surface area (TPSA) is 76.7 Å². The lowest BCUT2D eigenvalue weighted by molar-refractivity contribution is -0.114. The van der Waals surface area contributed by atoms with Gasteiger partial charge in [0.2, 0.25) is 6.79 Å². The van der Waals surface area contributed by atoms with Gasteiger partial charge in [-0.15, -0.1) is 0 Å². The van der Waals surface area contributed by atoms with E-state index < -0.39 is 6.04 Å². The number of nitrogens with one attached hydrogen (secondary N) is 2. The number of carbonyl (C=O) groups excluding carboxylic acids is 2. The fraction of sp³-hybridized carbons (Fsp3) is 0.286. The molecule has 6 heteroatoms. The minimum Gasteiger partial charge on any atom is -0.454 e. The van der Waals surface area contributed by atoms with Crippen LogP contribution in [0.3, 0.4) is 0 Å². The number of para-hydroxylation sites is 1. The molecule has 0 radical (unpaired) electrons. The van der Waals surface area contributed by atoms with Gasteiger partial charge in [0.05, 0.1) is 6.04 Å². The van der Waals surface area contributed by atoms with Gasteiger partial charge in [0.25, 0.3) is 0 Å². The van der Waals surface area contributed by atoms with E-state index in [9.17, 15) is 9.59 Å². The summed E-state index contributed by atoms with van der Waals surface area (Å²) in [5.74, 6) is 1.10. The Kier molecular flexibility index (Phi) is 2.85. The van der Waals surface area contributed by atoms with Crippen LogP contribution in [0, 0.1) is 0 Å². The first kappa shape index (κ1) is 12.5. The van der Waals surface area contributed by atoms with Gasteiger partial charge in [0.15, 0.2) is 17.3 Å². The van der Waals surface area contributed by atoms with Crippen molar-refractivity contribution in [1.82, 2.24) is 10.6 Å². The van der Waals surface area contributed by atoms with Gasteiger partial charge in [-0.05, 0) is 19.9 Å². The van der Waals surface area contributed by atoms with Gasteiger partial charge in [-0.25, -0.2) is 4.79 Å². The zero-order valence-electron chi connectivity index (χ0n) is 11.1. The van der Waals surface area contributed by atoms with Crippen LogP contribution in [0.1, 0.15) is 25.5 Å². The monoisotopic (exact) mass is 274 g/mol. The second kappa shape index (κ2) is 4.56. The molecule has 2 aliphatic heterocycles. The van der Waals surface area contributed by atoms with Crippen molar-refractivity contribution in [3.8, 4) is 11.5 Å². The van der Waals surface area contributed by atoms with Crippen LogP contribution in [-0.4, -0.2) is 18.6 Å². The number of allylic oxidation sites excluding steroid dienone is 1. The minimum absolute atomic E-state index is 0.100. The molecule has 1 aromatic carbocycles. The van der Waals surface area contributed by atoms with Gasteiger partial charge in [-0.2, -0.15) is 0 Å². The minimum atomic E-state index is -0.530. The van der Waals surface area contributed by atoms with E-state index in [-0.39, 0.29) is 18.6 Å². The van der Waals surface area contributed by atoms with E-state index >= 15 is 0 Å². The van der Waals surface area contributed by atoms with Crippen molar-refractivity contribution in [3.05, 3.63) is 35.0 Å². The number of hydrogen-bond acceptors (Lipinski definition) is 4. The van der Waals surface area contributed by atoms with Crippen molar-refractivity contribution in [2.45, 2.75) is 19.9 Å². The first-order valence-electron chi connectivity index (χ1n) is 6.25. The Labute approximate surface area is 115 Å². The van der Waals surface area contributed by atoms with Gasteiger partial charge in [0, 0.05) is 16.8 Å². The lowest BCUT2D eigenvalue weighted by atomic mass is 9.92. The van der Waals surface area contributed by atoms with Gasteiger partial charge in [-0.1, -0.05) is 12.1 Å². The third-order valence-electron chi connectivity index (χ3n) is 3.39. The zero-order valence-corrected chi connectivity index (χ0v) is 11.1. The molecule has 2 amide bonds. The van der Waals surface area contributed by atoms with Gasteiger partial charge < -0.3 is 20.1 Å². The number of amides is 2. The second-order valence-electron chi connectivity index (χ2n) is 4.71. The van der Waals surface area contributed by atoms with Crippen LogP contribution in [0.2, 0.25) is 0 Å². The molecule has 2 aliphatic rings. The molecule has 0 saturated heterocycles. The average molecular weight is 274 g/mol. The maximum absolute atomic E-state index is 11.9. The van der Waals surface area contributed by atoms with Crippen molar-refractivity contribution in [1.29, 1.82) is 0 Å². The number of rotatable bonds is 2. The van der Waals surface area contributed by atoms with Crippen molar-refractivity contribution in [3.63, 3.8) is 0 Å². The van der Waals surface area contributed by atoms with E-state index in [2.05, 4.69) is 10.6 Å². The fourth-order valence-corrected chi connectivity index (χ4v) is 2.57. The van der Waals surface area contributed by atoms with Crippen molar-refractivity contribution in [2.75, 3.05) is 6.79 Å². The average Bonchev–Trinajstić information content (AvgIpc) is 2.84. The molecular formula is C14H14N2O4. The summed E-state index contributed by atoms with van der Waals surface area (Å²) in [6, 6.07) is 4.55. The van der Waals surface area contributed by atoms with E-state index in [1.165, 1.54) is 6.92 Å². The predicted octanol–water partition coefficient (Wildman–Crippen LogP) is 1.63. The molecule has 0 aromatic heterocycles. The van der Waals surface area contributed by atoms with Crippen LogP contribution < -0.4 is 20.1 Å². The van der Waals surface area contributed by atoms with Gasteiger partial charge >= 0.3 is 6.03 Å². The number of carbonyl (C=O) groups is 2. The highest BCUT2D eigenvalue weighted by atomic mass is 16.7. The molecule has 6 nitrogen and oxygen atoms in total. The van der Waals surface area contributed by atoms with Crippen LogP contribution in [0.25, 0.3) is 0 Å². The van der Waals surface area contributed by atoms with Crippen molar-refractivity contribution < 1.29 is 19.1 Å². The van der Waals surface area contributed by atoms with Crippen LogP contribution in [0.5, 0.6) is 11.5 Å². The number of ether oxygens (including phenoxy) is 2. The molecule has 20 heavy (non-hydrogen) atoms. The van der Waals surface area contributed by atoms with E-state index in [4.69, 9.17) is 9.47 Å². The largest absolute Gasteiger partial charge is 0.454 e. The molecule has 1 aromatic rings. The summed E-state index contributed by atoms with van der Waals surface area (Å²) in [5.41, 5.74) is 1.80. The first-order chi connectivity index (χ1) is 9.58. The Hall–Kier alpha value is -2.50. The van der Waals surface area contributed by atoms with E-state index in [1.807, 2.05) is 12.1 Å². The van der Waals surface area contributed by atoms with Crippen LogP contribution in [-0.2, 0) is 4.79 Å². The second-order valence-corrected chi connectivity index (χ2v) is 4.71. The Morgan fingerprint density at radius 1 is 1.35 bits per heavy atom. The molecule has 0 fully saturated rings. The number of hydrogen-bond donors (Lipinski definition) is 2. The molecule has 104 valence electrons. The summed E-state index contributed by atoms with van der Waals surface area (Å²) in [4.78, 5) is 23.6. The number of fused-ring (bicyclic) bond motifs is 1. The van der Waals surface area contributed by atoms with E-state index in [0.717, 1.165) is 5.56 Å². The summed E-state index contributed by atoms with van der Waals surface area (Å²) in [6.45, 7) is 3.33. The highest BCUT2D eigenvalue weighted by Gasteiger charge is 2.33. The normalized spacial score (nSPS) is 20.5. The molecule has 1 atom stereocenters. The predicted molar refractivity (Wildman–Crippen MR) is 70.4 cm³/mol. The van der Waals surface area contributed by atoms with E-state index in [1.54, 1.807) is 13.0 Å². The maximum atomic E-state index is 11.9. The Bertz CT molecular complexity index is 636. The molecule has 0 saturated carbocycles. The highest BCUT2D eigenvalue weighted by molar-refractivity contribution is 5.98. The molecule has 2 heterocycles. The smallest absolute Gasteiger partial charge is 0.319 e. The lowest BCUT2D eigenvalue weighted by Crippen LogP contribution is -2.44. The van der Waals surface area contributed by atoms with Crippen molar-refractivity contribution >= 4 is 11.8 Å². The molecule has 0 unspecified atom stereocenters. The van der Waals surface area contributed by atoms with Gasteiger partial charge in [-0.3, -0.25) is 4.79 Å². The Morgan fingerprint density at radius 3 is 2.90 bits per heavy atom. The number of benzene rings is 1. The molecule has 2 N–H and O–H groups in total. The van der Waals surface area contributed by atoms with Crippen LogP contribution in [0.15, 0.2) is 29.5 Å². The quantitative estimate of drug-likeness (QED) is 0.859. The maximum Gasteiger partial charge on any atom is 0.319 e. The fourth-order valence-electron chi connectivity index (χ4n) is 2.57. The number of Topliss-reactive ketones (excluding diaryl/α,β-unsaturated/α-hetero) is 1. The van der Waals surface area contributed by atoms with E-state index in [0.29, 0.717) is 22.8 Å². The third kappa shape index (κ3) is 1.89. The van der Waals surface area contributed by atoms with Crippen LogP contribution >= 0.6 is 0 Å². The standard InChI is InChI=1S/C14H14N2O4/c1-7-11(8(2)17)12(16-14(18)15-7)9-4-3-5-10-13(9)20-6-19-10/h3-5,12H,6H2,1-2H3,(H2,15,16,18)/t12-/m1/s1. The summed E-state index contributed by atoms with van der Waals surface area (Å²) >= 11 is 0. The Morgan fingerprint density at radius 2 is 2.15 bits per heavy atom. The van der Waals surface area contributed by atoms with Crippen molar-refractivity contribution in [2.24, 2.45) is 0 Å². The molecular weight excluding hydrogens is 260 g/mol. The SMILES string of the molecule is CC(=O)C1=C(C)NC(=O)N[C@@H]1c1cccc2c1OCO2. The third-order valence-corrected chi connectivity index (χ3v) is 3.39. The number of ketones is 1. The summed E-state index contributed by atoms with van der Waals surface area (Å²) in [5, 5.41) is 5.37. The summed E-state index contributed by atoms with van der Waals surface area (Å²) in [7, 11) is 0. The highest BCUT2D eigenvalue weighted by Crippen LogP contribution is 2.41. The molecule has 0 spiro atoms. The summed E-state index contributed by atoms with van der Waals surface area (Å²) in [6.07, 6.45) is 0. The number of urea groups is 1. The molecule has 0 aliphatic carbocycles. The van der Waals surface area contributed by atoms with Crippen LogP contribution in [0.4, 0.5) is 4.79 Å². The van der Waals surface area contributed by atoms with Gasteiger partial charge in [0.1, 0.15) is 0 Å². The Balaban J connectivity index is 2.13. The zero-order chi connectivity index (χ0) is 14.3.